The smallest absolute Gasteiger partial charge is 0.399 e. The van der Waals surface area contributed by atoms with Crippen molar-refractivity contribution in [2.75, 3.05) is 17.6 Å². The first-order valence-corrected chi connectivity index (χ1v) is 5.51. The highest BCUT2D eigenvalue weighted by atomic mass is 19.4. The van der Waals surface area contributed by atoms with Gasteiger partial charge in [-0.3, -0.25) is 5.10 Å². The second-order valence-corrected chi connectivity index (χ2v) is 3.91. The van der Waals surface area contributed by atoms with Crippen molar-refractivity contribution >= 4 is 11.4 Å². The zero-order valence-electron chi connectivity index (χ0n) is 9.83. The molecule has 0 atom stereocenters. The molecule has 1 heterocycles. The van der Waals surface area contributed by atoms with E-state index < -0.39 is 11.7 Å². The zero-order chi connectivity index (χ0) is 13.9. The summed E-state index contributed by atoms with van der Waals surface area (Å²) in [6.07, 6.45) is -2.65. The Bertz CT molecular complexity index is 536. The van der Waals surface area contributed by atoms with E-state index in [1.165, 1.54) is 18.5 Å². The lowest BCUT2D eigenvalue weighted by Crippen LogP contribution is -2.13. The quantitative estimate of drug-likeness (QED) is 0.744. The summed E-state index contributed by atoms with van der Waals surface area (Å²) in [6.45, 7) is 0.308. The van der Waals surface area contributed by atoms with E-state index in [2.05, 4.69) is 20.5 Å². The summed E-state index contributed by atoms with van der Waals surface area (Å²) in [5.74, 6) is 0.608. The van der Waals surface area contributed by atoms with E-state index in [0.717, 1.165) is 6.07 Å². The molecule has 0 spiro atoms. The van der Waals surface area contributed by atoms with E-state index in [0.29, 0.717) is 18.8 Å². The van der Waals surface area contributed by atoms with Crippen molar-refractivity contribution in [2.45, 2.75) is 12.6 Å². The van der Waals surface area contributed by atoms with E-state index >= 15 is 0 Å². The number of nitrogen functional groups attached to an aromatic ring is 1. The van der Waals surface area contributed by atoms with Gasteiger partial charge >= 0.3 is 6.18 Å². The van der Waals surface area contributed by atoms with Gasteiger partial charge in [0, 0.05) is 24.3 Å². The molecule has 4 N–H and O–H groups in total. The number of alkyl halides is 3. The number of aromatic amines is 1. The summed E-state index contributed by atoms with van der Waals surface area (Å²) in [7, 11) is 0. The highest BCUT2D eigenvalue weighted by molar-refractivity contribution is 5.59. The lowest BCUT2D eigenvalue weighted by Gasteiger charge is -2.14. The van der Waals surface area contributed by atoms with Crippen molar-refractivity contribution < 1.29 is 13.2 Å². The number of halogens is 3. The van der Waals surface area contributed by atoms with Gasteiger partial charge in [0.2, 0.25) is 0 Å². The highest BCUT2D eigenvalue weighted by Crippen LogP contribution is 2.35. The maximum atomic E-state index is 12.8. The van der Waals surface area contributed by atoms with Crippen LogP contribution < -0.4 is 11.1 Å². The van der Waals surface area contributed by atoms with Crippen LogP contribution in [0.15, 0.2) is 24.5 Å². The average molecular weight is 271 g/mol. The normalized spacial score (nSPS) is 11.5. The number of anilines is 2. The molecule has 1 aromatic carbocycles. The topological polar surface area (TPSA) is 79.6 Å². The molecule has 0 fully saturated rings. The Kier molecular flexibility index (Phi) is 3.59. The fourth-order valence-corrected chi connectivity index (χ4v) is 1.62. The molecule has 0 amide bonds. The van der Waals surface area contributed by atoms with Gasteiger partial charge in [-0.05, 0) is 18.2 Å². The van der Waals surface area contributed by atoms with Crippen LogP contribution in [0.3, 0.4) is 0 Å². The summed E-state index contributed by atoms with van der Waals surface area (Å²) in [6, 6.07) is 3.65. The number of aromatic nitrogens is 3. The van der Waals surface area contributed by atoms with Gasteiger partial charge in [-0.15, -0.1) is 0 Å². The van der Waals surface area contributed by atoms with Crippen molar-refractivity contribution in [3.05, 3.63) is 35.9 Å². The van der Waals surface area contributed by atoms with Crippen LogP contribution in [-0.2, 0) is 12.6 Å². The van der Waals surface area contributed by atoms with Crippen molar-refractivity contribution in [1.82, 2.24) is 15.2 Å². The molecule has 8 heteroatoms. The summed E-state index contributed by atoms with van der Waals surface area (Å²) < 4.78 is 38.4. The monoisotopic (exact) mass is 271 g/mol. The van der Waals surface area contributed by atoms with Crippen LogP contribution in [0.1, 0.15) is 11.4 Å². The van der Waals surface area contributed by atoms with Crippen LogP contribution in [0.5, 0.6) is 0 Å². The van der Waals surface area contributed by atoms with Gasteiger partial charge in [-0.2, -0.15) is 18.3 Å². The molecule has 0 saturated heterocycles. The molecule has 2 aromatic rings. The second-order valence-electron chi connectivity index (χ2n) is 3.91. The number of rotatable bonds is 4. The molecular formula is C11H12F3N5. The lowest BCUT2D eigenvalue weighted by molar-refractivity contribution is -0.136. The predicted molar refractivity (Wildman–Crippen MR) is 64.4 cm³/mol. The lowest BCUT2D eigenvalue weighted by atomic mass is 10.1. The van der Waals surface area contributed by atoms with Gasteiger partial charge in [0.1, 0.15) is 12.2 Å². The Morgan fingerprint density at radius 3 is 2.74 bits per heavy atom. The summed E-state index contributed by atoms with van der Waals surface area (Å²) in [5.41, 5.74) is 4.68. The molecule has 102 valence electrons. The fourth-order valence-electron chi connectivity index (χ4n) is 1.62. The average Bonchev–Trinajstić information content (AvgIpc) is 2.83. The Morgan fingerprint density at radius 2 is 2.11 bits per heavy atom. The standard InChI is InChI=1S/C11H12F3N5/c12-11(13,14)8-5-7(15)1-2-9(8)16-4-3-10-17-6-18-19-10/h1-2,5-6,16H,3-4,15H2,(H,17,18,19). The summed E-state index contributed by atoms with van der Waals surface area (Å²) >= 11 is 0. The molecule has 0 radical (unpaired) electrons. The Hall–Kier alpha value is -2.25. The largest absolute Gasteiger partial charge is 0.418 e. The van der Waals surface area contributed by atoms with Gasteiger partial charge < -0.3 is 11.1 Å². The Balaban J connectivity index is 2.07. The first kappa shape index (κ1) is 13.2. The first-order valence-electron chi connectivity index (χ1n) is 5.51. The van der Waals surface area contributed by atoms with Gasteiger partial charge in [0.15, 0.2) is 0 Å². The van der Waals surface area contributed by atoms with E-state index in [1.54, 1.807) is 0 Å². The van der Waals surface area contributed by atoms with Crippen molar-refractivity contribution in [3.63, 3.8) is 0 Å². The van der Waals surface area contributed by atoms with Crippen LogP contribution in [-0.4, -0.2) is 21.7 Å². The maximum absolute atomic E-state index is 12.8. The van der Waals surface area contributed by atoms with Crippen molar-refractivity contribution in [3.8, 4) is 0 Å². The van der Waals surface area contributed by atoms with Crippen LogP contribution in [0.2, 0.25) is 0 Å². The molecule has 0 unspecified atom stereocenters. The minimum Gasteiger partial charge on any atom is -0.399 e. The summed E-state index contributed by atoms with van der Waals surface area (Å²) in [5, 5.41) is 9.01. The van der Waals surface area contributed by atoms with Crippen molar-refractivity contribution in [2.24, 2.45) is 0 Å². The number of hydrogen-bond acceptors (Lipinski definition) is 4. The van der Waals surface area contributed by atoms with Crippen LogP contribution >= 0.6 is 0 Å². The molecule has 0 aliphatic heterocycles. The third-order valence-electron chi connectivity index (χ3n) is 2.49. The first-order chi connectivity index (χ1) is 8.97. The third kappa shape index (κ3) is 3.36. The van der Waals surface area contributed by atoms with Gasteiger partial charge in [-0.25, -0.2) is 4.98 Å². The number of benzene rings is 1. The van der Waals surface area contributed by atoms with E-state index in [-0.39, 0.29) is 11.4 Å². The Labute approximate surface area is 107 Å². The van der Waals surface area contributed by atoms with E-state index in [1.807, 2.05) is 0 Å². The van der Waals surface area contributed by atoms with Crippen LogP contribution in [0.25, 0.3) is 0 Å². The SMILES string of the molecule is Nc1ccc(NCCc2ncn[nH]2)c(C(F)(F)F)c1. The van der Waals surface area contributed by atoms with Gasteiger partial charge in [-0.1, -0.05) is 0 Å². The zero-order valence-corrected chi connectivity index (χ0v) is 9.83. The molecule has 0 aliphatic carbocycles. The van der Waals surface area contributed by atoms with E-state index in [9.17, 15) is 13.2 Å². The molecule has 0 bridgehead atoms. The Morgan fingerprint density at radius 1 is 1.32 bits per heavy atom. The maximum Gasteiger partial charge on any atom is 0.418 e. The molecular weight excluding hydrogens is 259 g/mol. The number of nitrogens with one attached hydrogen (secondary N) is 2. The number of nitrogens with zero attached hydrogens (tertiary/aromatic N) is 2. The highest BCUT2D eigenvalue weighted by Gasteiger charge is 2.33. The second kappa shape index (κ2) is 5.17. The van der Waals surface area contributed by atoms with Gasteiger partial charge in [0.05, 0.1) is 5.56 Å². The minimum atomic E-state index is -4.44. The number of H-pyrrole nitrogens is 1. The molecule has 1 aromatic heterocycles. The predicted octanol–water partition coefficient (Wildman–Crippen LogP) is 2.06. The number of nitrogens with two attached hydrogens (primary N) is 1. The summed E-state index contributed by atoms with van der Waals surface area (Å²) in [4.78, 5) is 3.88. The molecule has 5 nitrogen and oxygen atoms in total. The molecule has 2 rings (SSSR count). The van der Waals surface area contributed by atoms with Crippen LogP contribution in [0.4, 0.5) is 24.5 Å². The molecule has 19 heavy (non-hydrogen) atoms. The molecule has 0 saturated carbocycles. The fraction of sp³-hybridized carbons (Fsp3) is 0.273. The third-order valence-corrected chi connectivity index (χ3v) is 2.49. The van der Waals surface area contributed by atoms with Gasteiger partial charge in [0.25, 0.3) is 0 Å². The van der Waals surface area contributed by atoms with E-state index in [4.69, 9.17) is 5.73 Å². The number of hydrogen-bond donors (Lipinski definition) is 3. The molecule has 0 aliphatic rings. The van der Waals surface area contributed by atoms with Crippen LogP contribution in [0, 0.1) is 0 Å². The minimum absolute atomic E-state index is 0.00113. The van der Waals surface area contributed by atoms with Crippen molar-refractivity contribution in [1.29, 1.82) is 0 Å².